The van der Waals surface area contributed by atoms with Gasteiger partial charge in [-0.1, -0.05) is 36.7 Å². The van der Waals surface area contributed by atoms with Gasteiger partial charge in [-0.25, -0.2) is 13.1 Å². The van der Waals surface area contributed by atoms with Crippen molar-refractivity contribution in [3.63, 3.8) is 0 Å². The van der Waals surface area contributed by atoms with Crippen molar-refractivity contribution in [2.75, 3.05) is 71.0 Å². The van der Waals surface area contributed by atoms with Crippen LogP contribution in [0, 0.1) is 17.8 Å². The van der Waals surface area contributed by atoms with Crippen LogP contribution in [0.4, 0.5) is 5.69 Å². The Bertz CT molecular complexity index is 1880. The fourth-order valence-electron chi connectivity index (χ4n) is 10.3. The van der Waals surface area contributed by atoms with E-state index in [4.69, 9.17) is 25.8 Å². The summed E-state index contributed by atoms with van der Waals surface area (Å²) < 4.78 is 49.2. The Balaban J connectivity index is 1.18. The zero-order valence-corrected chi connectivity index (χ0v) is 33.8. The summed E-state index contributed by atoms with van der Waals surface area (Å²) in [5, 5.41) is -0.0363. The maximum absolute atomic E-state index is 13.7. The lowest BCUT2D eigenvalue weighted by Gasteiger charge is -2.53. The monoisotopic (exact) mass is 780 g/mol. The zero-order valence-electron chi connectivity index (χ0n) is 32.3. The van der Waals surface area contributed by atoms with Crippen LogP contribution in [0.2, 0.25) is 5.02 Å². The lowest BCUT2D eigenvalue weighted by atomic mass is 9.63. The fourth-order valence-corrected chi connectivity index (χ4v) is 11.8. The van der Waals surface area contributed by atoms with Gasteiger partial charge in [-0.3, -0.25) is 14.6 Å². The number of nitrogens with zero attached hydrogens (tertiary/aromatic N) is 3. The van der Waals surface area contributed by atoms with Crippen molar-refractivity contribution in [1.29, 1.82) is 0 Å². The average molecular weight is 781 g/mol. The minimum absolute atomic E-state index is 0.225. The quantitative estimate of drug-likeness (QED) is 0.395. The van der Waals surface area contributed by atoms with Crippen LogP contribution in [-0.4, -0.2) is 113 Å². The first-order chi connectivity index (χ1) is 25.9. The number of carbonyl (C=O) groups excluding carboxylic acids is 1. The zero-order chi connectivity index (χ0) is 37.8. The number of piperazine rings is 1. The molecule has 1 saturated carbocycles. The first-order valence-electron chi connectivity index (χ1n) is 20.1. The van der Waals surface area contributed by atoms with Crippen LogP contribution in [0.3, 0.4) is 0 Å². The highest BCUT2D eigenvalue weighted by Gasteiger charge is 2.50. The van der Waals surface area contributed by atoms with E-state index in [0.29, 0.717) is 42.8 Å². The average Bonchev–Trinajstić information content (AvgIpc) is 3.29. The molecule has 8 atom stereocenters. The Morgan fingerprint density at radius 2 is 1.91 bits per heavy atom. The summed E-state index contributed by atoms with van der Waals surface area (Å²) in [4.78, 5) is 21.3. The molecule has 2 aromatic rings. The molecular weight excluding hydrogens is 724 g/mol. The van der Waals surface area contributed by atoms with E-state index >= 15 is 0 Å². The number of ether oxygens (including phenoxy) is 3. The van der Waals surface area contributed by atoms with Crippen molar-refractivity contribution in [1.82, 2.24) is 14.5 Å². The van der Waals surface area contributed by atoms with E-state index in [2.05, 4.69) is 50.6 Å². The number of allylic oxidation sites excluding steroid dienone is 1. The summed E-state index contributed by atoms with van der Waals surface area (Å²) in [7, 11) is -2.11. The number of benzene rings is 2. The Morgan fingerprint density at radius 1 is 1.06 bits per heavy atom. The van der Waals surface area contributed by atoms with Crippen molar-refractivity contribution in [3.05, 3.63) is 70.3 Å². The number of carbonyl (C=O) groups is 1. The Hall–Kier alpha value is -2.67. The van der Waals surface area contributed by atoms with Crippen LogP contribution >= 0.6 is 11.6 Å². The molecular formula is C42H57ClN4O6S. The van der Waals surface area contributed by atoms with Crippen molar-refractivity contribution < 1.29 is 27.4 Å². The van der Waals surface area contributed by atoms with E-state index in [1.807, 2.05) is 32.2 Å². The number of hydrogen-bond donors (Lipinski definition) is 1. The third-order valence-corrected chi connectivity index (χ3v) is 16.0. The fraction of sp³-hybridized carbons (Fsp3) is 0.643. The highest BCUT2D eigenvalue weighted by Crippen LogP contribution is 2.49. The van der Waals surface area contributed by atoms with Crippen molar-refractivity contribution in [2.24, 2.45) is 17.8 Å². The van der Waals surface area contributed by atoms with Crippen LogP contribution in [0.25, 0.3) is 0 Å². The molecule has 0 unspecified atom stereocenters. The van der Waals surface area contributed by atoms with Gasteiger partial charge in [-0.2, -0.15) is 0 Å². The molecule has 1 N–H and O–H groups in total. The third kappa shape index (κ3) is 7.22. The number of sulfonamides is 1. The van der Waals surface area contributed by atoms with Crippen molar-refractivity contribution >= 4 is 33.2 Å². The van der Waals surface area contributed by atoms with Crippen LogP contribution in [0.1, 0.15) is 74.4 Å². The Labute approximate surface area is 326 Å². The van der Waals surface area contributed by atoms with Gasteiger partial charge < -0.3 is 19.1 Å². The standard InChI is InChI=1S/C42H57ClN4O6S/c1-28-7-5-16-42(51-4,26-45-17-18-46-21-29(2)52-24-35(46)23-45)37-12-9-33(37)22-47-25-41(15-6-8-31-19-34(43)11-13-36(31)41)27-53-39-14-10-32(20-38(39)47)40(48)44-54(49,50)30(28)3/h5,10-11,13-14,16,19-20,28-30,33,35,37H,6-9,12,15,17-18,21-27H2,1-4H3,(H,44,48)/b16-5+/t28-,29-,30+,33-,35-,37+,41-,42-/m0/s1. The van der Waals surface area contributed by atoms with Gasteiger partial charge >= 0.3 is 0 Å². The van der Waals surface area contributed by atoms with Crippen molar-refractivity contribution in [2.45, 2.75) is 87.7 Å². The number of halogens is 1. The lowest BCUT2D eigenvalue weighted by Crippen LogP contribution is -2.63. The number of fused-ring (bicyclic) bond motifs is 5. The number of aryl methyl sites for hydroxylation is 1. The molecule has 54 heavy (non-hydrogen) atoms. The second-order valence-electron chi connectivity index (χ2n) is 17.2. The van der Waals surface area contributed by atoms with Gasteiger partial charge in [-0.05, 0) is 112 Å². The van der Waals surface area contributed by atoms with Gasteiger partial charge in [0, 0.05) is 75.0 Å². The summed E-state index contributed by atoms with van der Waals surface area (Å²) in [5.74, 6) is 0.445. The molecule has 10 nitrogen and oxygen atoms in total. The van der Waals surface area contributed by atoms with E-state index in [1.54, 1.807) is 13.0 Å². The number of hydrogen-bond acceptors (Lipinski definition) is 9. The molecule has 1 spiro atoms. The summed E-state index contributed by atoms with van der Waals surface area (Å²) in [6.45, 7) is 13.2. The van der Waals surface area contributed by atoms with Gasteiger partial charge in [0.15, 0.2) is 0 Å². The molecule has 294 valence electrons. The largest absolute Gasteiger partial charge is 0.490 e. The predicted molar refractivity (Wildman–Crippen MR) is 212 cm³/mol. The molecule has 3 fully saturated rings. The first kappa shape index (κ1) is 38.2. The number of methoxy groups -OCH3 is 1. The molecule has 6 aliphatic rings. The third-order valence-electron chi connectivity index (χ3n) is 13.8. The molecule has 0 aromatic heterocycles. The minimum Gasteiger partial charge on any atom is -0.490 e. The van der Waals surface area contributed by atoms with E-state index in [1.165, 1.54) is 11.1 Å². The van der Waals surface area contributed by atoms with Gasteiger partial charge in [0.25, 0.3) is 5.91 Å². The summed E-state index contributed by atoms with van der Waals surface area (Å²) >= 11 is 6.51. The molecule has 12 heteroatoms. The summed E-state index contributed by atoms with van der Waals surface area (Å²) in [6, 6.07) is 12.0. The van der Waals surface area contributed by atoms with Crippen LogP contribution in [-0.2, 0) is 31.3 Å². The van der Waals surface area contributed by atoms with Crippen LogP contribution in [0.15, 0.2) is 48.6 Å². The van der Waals surface area contributed by atoms with E-state index in [-0.39, 0.29) is 23.4 Å². The highest BCUT2D eigenvalue weighted by molar-refractivity contribution is 7.90. The molecule has 2 aliphatic carbocycles. The topological polar surface area (TPSA) is 101 Å². The minimum atomic E-state index is -3.96. The molecule has 4 aliphatic heterocycles. The van der Waals surface area contributed by atoms with E-state index in [0.717, 1.165) is 88.7 Å². The number of anilines is 1. The normalized spacial score (nSPS) is 36.4. The second kappa shape index (κ2) is 15.0. The number of rotatable bonds is 3. The van der Waals surface area contributed by atoms with E-state index < -0.39 is 26.8 Å². The van der Waals surface area contributed by atoms with Gasteiger partial charge in [-0.15, -0.1) is 0 Å². The maximum Gasteiger partial charge on any atom is 0.264 e. The highest BCUT2D eigenvalue weighted by atomic mass is 35.5. The Kier molecular flexibility index (Phi) is 10.6. The number of morpholine rings is 1. The lowest BCUT2D eigenvalue weighted by molar-refractivity contribution is -0.117. The second-order valence-corrected chi connectivity index (χ2v) is 19.7. The number of amides is 1. The van der Waals surface area contributed by atoms with Gasteiger partial charge in [0.2, 0.25) is 10.0 Å². The van der Waals surface area contributed by atoms with Gasteiger partial charge in [0.1, 0.15) is 11.4 Å². The van der Waals surface area contributed by atoms with Gasteiger partial charge in [0.05, 0.1) is 30.3 Å². The van der Waals surface area contributed by atoms with Crippen LogP contribution < -0.4 is 14.4 Å². The molecule has 8 rings (SSSR count). The number of nitrogens with one attached hydrogen (secondary N) is 1. The summed E-state index contributed by atoms with van der Waals surface area (Å²) in [5.41, 5.74) is 2.87. The van der Waals surface area contributed by atoms with Crippen molar-refractivity contribution in [3.8, 4) is 5.75 Å². The summed E-state index contributed by atoms with van der Waals surface area (Å²) in [6.07, 6.45) is 10.3. The maximum atomic E-state index is 13.7. The van der Waals surface area contributed by atoms with E-state index in [9.17, 15) is 13.2 Å². The molecule has 2 saturated heterocycles. The molecule has 1 amide bonds. The molecule has 2 bridgehead atoms. The molecule has 2 aromatic carbocycles. The first-order valence-corrected chi connectivity index (χ1v) is 22.0. The smallest absolute Gasteiger partial charge is 0.264 e. The molecule has 0 radical (unpaired) electrons. The Morgan fingerprint density at radius 3 is 2.70 bits per heavy atom. The molecule has 4 heterocycles. The van der Waals surface area contributed by atoms with Crippen LogP contribution in [0.5, 0.6) is 5.75 Å². The predicted octanol–water partition coefficient (Wildman–Crippen LogP) is 5.67. The SMILES string of the molecule is CO[C@]1(CN2CCN3C[C@H](C)OC[C@@H]3C2)/C=C/C[C@H](C)[C@@H](C)S(=O)(=O)NC(=O)c2ccc3c(c2)N(C[C@@H]2CC[C@H]21)C[C@@]1(CCCc2cc(Cl)ccc21)CO3.